The van der Waals surface area contributed by atoms with Gasteiger partial charge in [-0.05, 0) is 31.5 Å². The molecule has 0 aliphatic carbocycles. The number of halogens is 1. The standard InChI is InChI=1S/C13H16ClNO4/c1-13(19)4-5-15(7-11(13)17)12(18)9-3-2-8(14)6-10(9)16/h2-3,6,11,16-17,19H,4-5,7H2,1H3/t11-,13+/m0/s1. The van der Waals surface area contributed by atoms with Gasteiger partial charge in [0.1, 0.15) is 5.75 Å². The van der Waals surface area contributed by atoms with Gasteiger partial charge in [0.2, 0.25) is 0 Å². The van der Waals surface area contributed by atoms with Gasteiger partial charge in [-0.3, -0.25) is 4.79 Å². The average molecular weight is 286 g/mol. The van der Waals surface area contributed by atoms with E-state index in [4.69, 9.17) is 11.6 Å². The van der Waals surface area contributed by atoms with Crippen LogP contribution in [0.25, 0.3) is 0 Å². The molecule has 1 heterocycles. The van der Waals surface area contributed by atoms with E-state index in [2.05, 4.69) is 0 Å². The van der Waals surface area contributed by atoms with E-state index in [-0.39, 0.29) is 30.2 Å². The minimum Gasteiger partial charge on any atom is -0.507 e. The lowest BCUT2D eigenvalue weighted by Crippen LogP contribution is -2.55. The summed E-state index contributed by atoms with van der Waals surface area (Å²) in [6.45, 7) is 1.90. The second-order valence-electron chi connectivity index (χ2n) is 5.04. The molecule has 0 spiro atoms. The van der Waals surface area contributed by atoms with Gasteiger partial charge < -0.3 is 20.2 Å². The number of hydrogen-bond donors (Lipinski definition) is 3. The highest BCUT2D eigenvalue weighted by atomic mass is 35.5. The summed E-state index contributed by atoms with van der Waals surface area (Å²) >= 11 is 5.71. The molecule has 1 aliphatic rings. The molecule has 1 aliphatic heterocycles. The number of piperidine rings is 1. The molecule has 104 valence electrons. The van der Waals surface area contributed by atoms with Crippen LogP contribution in [0.15, 0.2) is 18.2 Å². The van der Waals surface area contributed by atoms with Crippen molar-refractivity contribution < 1.29 is 20.1 Å². The number of carbonyl (C=O) groups is 1. The normalized spacial score (nSPS) is 27.4. The molecule has 1 saturated heterocycles. The van der Waals surface area contributed by atoms with E-state index in [1.54, 1.807) is 6.92 Å². The maximum Gasteiger partial charge on any atom is 0.257 e. The number of aliphatic hydroxyl groups excluding tert-OH is 1. The highest BCUT2D eigenvalue weighted by Crippen LogP contribution is 2.27. The molecule has 1 fully saturated rings. The van der Waals surface area contributed by atoms with Crippen LogP contribution in [0.4, 0.5) is 0 Å². The Morgan fingerprint density at radius 3 is 2.79 bits per heavy atom. The summed E-state index contributed by atoms with van der Waals surface area (Å²) in [5, 5.41) is 29.7. The van der Waals surface area contributed by atoms with Crippen LogP contribution in [0.1, 0.15) is 23.7 Å². The predicted molar refractivity (Wildman–Crippen MR) is 70.3 cm³/mol. The van der Waals surface area contributed by atoms with Crippen molar-refractivity contribution in [2.45, 2.75) is 25.0 Å². The molecule has 0 aromatic heterocycles. The van der Waals surface area contributed by atoms with E-state index in [1.807, 2.05) is 0 Å². The molecule has 6 heteroatoms. The molecule has 0 unspecified atom stereocenters. The number of carbonyl (C=O) groups excluding carboxylic acids is 1. The van der Waals surface area contributed by atoms with Gasteiger partial charge in [0.25, 0.3) is 5.91 Å². The molecular weight excluding hydrogens is 270 g/mol. The van der Waals surface area contributed by atoms with Crippen LogP contribution in [0.5, 0.6) is 5.75 Å². The number of phenols is 1. The Bertz CT molecular complexity index is 503. The summed E-state index contributed by atoms with van der Waals surface area (Å²) in [6, 6.07) is 4.26. The largest absolute Gasteiger partial charge is 0.507 e. The van der Waals surface area contributed by atoms with Crippen molar-refractivity contribution in [1.29, 1.82) is 0 Å². The number of phenolic OH excluding ortho intramolecular Hbond substituents is 1. The number of likely N-dealkylation sites (tertiary alicyclic amines) is 1. The fourth-order valence-electron chi connectivity index (χ4n) is 2.07. The van der Waals surface area contributed by atoms with E-state index in [0.717, 1.165) is 0 Å². The molecule has 0 saturated carbocycles. The Hall–Kier alpha value is -1.30. The van der Waals surface area contributed by atoms with E-state index < -0.39 is 11.7 Å². The van der Waals surface area contributed by atoms with Gasteiger partial charge in [0.15, 0.2) is 0 Å². The lowest BCUT2D eigenvalue weighted by Gasteiger charge is -2.39. The first-order valence-electron chi connectivity index (χ1n) is 5.99. The van der Waals surface area contributed by atoms with Crippen LogP contribution in [0.3, 0.4) is 0 Å². The fourth-order valence-corrected chi connectivity index (χ4v) is 2.23. The molecule has 2 atom stereocenters. The second-order valence-corrected chi connectivity index (χ2v) is 5.47. The van der Waals surface area contributed by atoms with Crippen LogP contribution in [-0.2, 0) is 0 Å². The fraction of sp³-hybridized carbons (Fsp3) is 0.462. The van der Waals surface area contributed by atoms with Crippen LogP contribution >= 0.6 is 11.6 Å². The summed E-state index contributed by atoms with van der Waals surface area (Å²) in [6.07, 6.45) is -0.714. The smallest absolute Gasteiger partial charge is 0.257 e. The number of aromatic hydroxyl groups is 1. The topological polar surface area (TPSA) is 81.0 Å². The van der Waals surface area contributed by atoms with E-state index in [9.17, 15) is 20.1 Å². The Morgan fingerprint density at radius 2 is 2.21 bits per heavy atom. The van der Waals surface area contributed by atoms with Gasteiger partial charge in [0.05, 0.1) is 17.3 Å². The lowest BCUT2D eigenvalue weighted by atomic mass is 9.90. The number of hydrogen-bond acceptors (Lipinski definition) is 4. The highest BCUT2D eigenvalue weighted by Gasteiger charge is 2.38. The van der Waals surface area contributed by atoms with Crippen molar-refractivity contribution in [2.75, 3.05) is 13.1 Å². The third-order valence-electron chi connectivity index (χ3n) is 3.48. The first kappa shape index (κ1) is 14.1. The molecule has 3 N–H and O–H groups in total. The van der Waals surface area contributed by atoms with E-state index >= 15 is 0 Å². The first-order chi connectivity index (χ1) is 8.81. The monoisotopic (exact) mass is 285 g/mol. The highest BCUT2D eigenvalue weighted by molar-refractivity contribution is 6.30. The lowest BCUT2D eigenvalue weighted by molar-refractivity contribution is -0.0999. The number of β-amino-alcohol motifs (C(OH)–C–C–N with tert-alkyl or cyclic N) is 1. The SMILES string of the molecule is C[C@@]1(O)CCN(C(=O)c2ccc(Cl)cc2O)C[C@@H]1O. The maximum absolute atomic E-state index is 12.2. The summed E-state index contributed by atoms with van der Waals surface area (Å²) in [4.78, 5) is 13.6. The third-order valence-corrected chi connectivity index (χ3v) is 3.71. The van der Waals surface area contributed by atoms with Crippen molar-refractivity contribution >= 4 is 17.5 Å². The molecule has 0 radical (unpaired) electrons. The number of amides is 1. The van der Waals surface area contributed by atoms with Gasteiger partial charge in [-0.15, -0.1) is 0 Å². The summed E-state index contributed by atoms with van der Waals surface area (Å²) in [5.41, 5.74) is -1.04. The summed E-state index contributed by atoms with van der Waals surface area (Å²) < 4.78 is 0. The minimum absolute atomic E-state index is 0.0356. The quantitative estimate of drug-likeness (QED) is 0.719. The molecule has 1 amide bonds. The molecular formula is C13H16ClNO4. The molecule has 5 nitrogen and oxygen atoms in total. The molecule has 0 bridgehead atoms. The van der Waals surface area contributed by atoms with Crippen LogP contribution in [0.2, 0.25) is 5.02 Å². The molecule has 1 aromatic carbocycles. The number of nitrogens with zero attached hydrogens (tertiary/aromatic N) is 1. The van der Waals surface area contributed by atoms with Crippen molar-refractivity contribution in [3.8, 4) is 5.75 Å². The summed E-state index contributed by atoms with van der Waals surface area (Å²) in [5.74, 6) is -0.576. The van der Waals surface area contributed by atoms with Gasteiger partial charge in [-0.1, -0.05) is 11.6 Å². The van der Waals surface area contributed by atoms with Gasteiger partial charge in [0, 0.05) is 18.1 Å². The number of rotatable bonds is 1. The van der Waals surface area contributed by atoms with Crippen molar-refractivity contribution in [3.05, 3.63) is 28.8 Å². The van der Waals surface area contributed by atoms with Crippen LogP contribution in [-0.4, -0.2) is 50.9 Å². The molecule has 2 rings (SSSR count). The van der Waals surface area contributed by atoms with Crippen molar-refractivity contribution in [2.24, 2.45) is 0 Å². The van der Waals surface area contributed by atoms with E-state index in [0.29, 0.717) is 11.6 Å². The number of benzene rings is 1. The maximum atomic E-state index is 12.2. The van der Waals surface area contributed by atoms with E-state index in [1.165, 1.54) is 23.1 Å². The van der Waals surface area contributed by atoms with Gasteiger partial charge >= 0.3 is 0 Å². The Balaban J connectivity index is 2.17. The van der Waals surface area contributed by atoms with Crippen LogP contribution in [0, 0.1) is 0 Å². The third kappa shape index (κ3) is 2.83. The van der Waals surface area contributed by atoms with Gasteiger partial charge in [-0.25, -0.2) is 0 Å². The molecule has 1 aromatic rings. The Morgan fingerprint density at radius 1 is 1.53 bits per heavy atom. The first-order valence-corrected chi connectivity index (χ1v) is 6.37. The average Bonchev–Trinajstić information content (AvgIpc) is 2.32. The van der Waals surface area contributed by atoms with Gasteiger partial charge in [-0.2, -0.15) is 0 Å². The summed E-state index contributed by atoms with van der Waals surface area (Å²) in [7, 11) is 0. The predicted octanol–water partition coefficient (Wildman–Crippen LogP) is 1.00. The van der Waals surface area contributed by atoms with Crippen molar-refractivity contribution in [3.63, 3.8) is 0 Å². The zero-order valence-corrected chi connectivity index (χ0v) is 11.3. The van der Waals surface area contributed by atoms with Crippen LogP contribution < -0.4 is 0 Å². The minimum atomic E-state index is -1.18. The molecule has 19 heavy (non-hydrogen) atoms. The number of aliphatic hydroxyl groups is 2. The van der Waals surface area contributed by atoms with Crippen molar-refractivity contribution in [1.82, 2.24) is 4.90 Å². The Labute approximate surface area is 116 Å². The zero-order valence-electron chi connectivity index (χ0n) is 10.5. The Kier molecular flexibility index (Phi) is 3.71. The zero-order chi connectivity index (χ0) is 14.2. The second kappa shape index (κ2) is 5.00.